The van der Waals surface area contributed by atoms with E-state index in [-0.39, 0.29) is 12.6 Å². The maximum absolute atomic E-state index is 12.5. The molecular weight excluding hydrogens is 334 g/mol. The van der Waals surface area contributed by atoms with Gasteiger partial charge >= 0.3 is 12.1 Å². The molecule has 1 unspecified atom stereocenters. The summed E-state index contributed by atoms with van der Waals surface area (Å²) < 4.78 is 15.6. The molecule has 0 saturated heterocycles. The van der Waals surface area contributed by atoms with Gasteiger partial charge in [0, 0.05) is 6.04 Å². The van der Waals surface area contributed by atoms with Crippen molar-refractivity contribution >= 4 is 17.6 Å². The van der Waals surface area contributed by atoms with Crippen LogP contribution in [-0.4, -0.2) is 49.4 Å². The predicted octanol–water partition coefficient (Wildman–Crippen LogP) is 3.65. The zero-order valence-electron chi connectivity index (χ0n) is 16.3. The van der Waals surface area contributed by atoms with E-state index in [9.17, 15) is 9.59 Å². The lowest BCUT2D eigenvalue weighted by molar-refractivity contribution is -0.136. The summed E-state index contributed by atoms with van der Waals surface area (Å²) in [6.45, 7) is 7.56. The van der Waals surface area contributed by atoms with Crippen LogP contribution in [0, 0.1) is 0 Å². The summed E-state index contributed by atoms with van der Waals surface area (Å²) in [6, 6.07) is 7.42. The van der Waals surface area contributed by atoms with E-state index in [0.717, 1.165) is 16.9 Å². The lowest BCUT2D eigenvalue weighted by Gasteiger charge is -2.36. The maximum atomic E-state index is 12.5. The summed E-state index contributed by atoms with van der Waals surface area (Å²) in [7, 11) is 2.95. The quantitative estimate of drug-likeness (QED) is 0.769. The van der Waals surface area contributed by atoms with E-state index in [1.807, 2.05) is 52.0 Å². The van der Waals surface area contributed by atoms with Crippen molar-refractivity contribution in [3.63, 3.8) is 0 Å². The third-order valence-corrected chi connectivity index (χ3v) is 4.22. The van der Waals surface area contributed by atoms with Crippen molar-refractivity contribution in [3.8, 4) is 5.75 Å². The number of rotatable bonds is 3. The fraction of sp³-hybridized carbons (Fsp3) is 0.500. The number of esters is 1. The Morgan fingerprint density at radius 2 is 1.73 bits per heavy atom. The van der Waals surface area contributed by atoms with E-state index in [1.54, 1.807) is 12.0 Å². The summed E-state index contributed by atoms with van der Waals surface area (Å²) in [5.41, 5.74) is 1.68. The first-order valence-electron chi connectivity index (χ1n) is 8.60. The van der Waals surface area contributed by atoms with E-state index in [4.69, 9.17) is 14.2 Å². The van der Waals surface area contributed by atoms with Gasteiger partial charge in [0.2, 0.25) is 0 Å². The Morgan fingerprint density at radius 1 is 1.12 bits per heavy atom. The summed E-state index contributed by atoms with van der Waals surface area (Å²) in [5.74, 6) is 0.310. The maximum Gasteiger partial charge on any atom is 0.410 e. The molecule has 1 atom stereocenters. The van der Waals surface area contributed by atoms with Crippen molar-refractivity contribution in [2.45, 2.75) is 45.8 Å². The van der Waals surface area contributed by atoms with Crippen LogP contribution >= 0.6 is 0 Å². The van der Waals surface area contributed by atoms with Crippen LogP contribution in [0.5, 0.6) is 5.75 Å². The van der Waals surface area contributed by atoms with Crippen LogP contribution < -0.4 is 4.74 Å². The predicted molar refractivity (Wildman–Crippen MR) is 98.9 cm³/mol. The van der Waals surface area contributed by atoms with E-state index >= 15 is 0 Å². The van der Waals surface area contributed by atoms with Crippen LogP contribution in [0.3, 0.4) is 0 Å². The number of nitrogens with zero attached hydrogens (tertiary/aromatic N) is 1. The second kappa shape index (κ2) is 7.81. The van der Waals surface area contributed by atoms with Gasteiger partial charge in [0.05, 0.1) is 26.3 Å². The molecule has 0 N–H and O–H groups in total. The molecule has 0 radical (unpaired) electrons. The summed E-state index contributed by atoms with van der Waals surface area (Å²) in [5, 5.41) is 0. The van der Waals surface area contributed by atoms with Crippen molar-refractivity contribution in [1.82, 2.24) is 4.90 Å². The number of amides is 1. The molecule has 0 aromatic heterocycles. The number of carbonyl (C=O) groups excluding carboxylic acids is 2. The van der Waals surface area contributed by atoms with Gasteiger partial charge in [0.25, 0.3) is 0 Å². The molecule has 1 heterocycles. The monoisotopic (exact) mass is 361 g/mol. The fourth-order valence-electron chi connectivity index (χ4n) is 2.91. The minimum absolute atomic E-state index is 0.102. The normalized spacial score (nSPS) is 17.8. The lowest BCUT2D eigenvalue weighted by Crippen LogP contribution is -2.46. The molecule has 0 fully saturated rings. The number of carbonyl (C=O) groups is 2. The Hall–Kier alpha value is -2.50. The third kappa shape index (κ3) is 4.56. The average Bonchev–Trinajstić information content (AvgIpc) is 2.59. The first-order valence-corrected chi connectivity index (χ1v) is 8.60. The van der Waals surface area contributed by atoms with Gasteiger partial charge < -0.3 is 19.1 Å². The zero-order chi connectivity index (χ0) is 19.5. The SMILES string of the molecule is COC(=O)C1=C(c2ccc(OC)cc2)CC(C)N(C(=O)OC(C)(C)C)C1. The van der Waals surface area contributed by atoms with Gasteiger partial charge in [-0.2, -0.15) is 0 Å². The number of benzene rings is 1. The van der Waals surface area contributed by atoms with Crippen molar-refractivity contribution in [1.29, 1.82) is 0 Å². The van der Waals surface area contributed by atoms with E-state index < -0.39 is 17.7 Å². The van der Waals surface area contributed by atoms with Crippen LogP contribution in [0.2, 0.25) is 0 Å². The molecule has 0 spiro atoms. The largest absolute Gasteiger partial charge is 0.497 e. The standard InChI is InChI=1S/C20H27NO5/c1-13-11-16(14-7-9-15(24-5)10-8-14)17(18(22)25-6)12-21(13)19(23)26-20(2,3)4/h7-10,13H,11-12H2,1-6H3. The molecule has 0 aliphatic carbocycles. The van der Waals surface area contributed by atoms with Crippen LogP contribution in [-0.2, 0) is 14.3 Å². The van der Waals surface area contributed by atoms with Crippen molar-refractivity contribution in [3.05, 3.63) is 35.4 Å². The van der Waals surface area contributed by atoms with Crippen molar-refractivity contribution in [2.75, 3.05) is 20.8 Å². The van der Waals surface area contributed by atoms with Crippen molar-refractivity contribution in [2.24, 2.45) is 0 Å². The van der Waals surface area contributed by atoms with Gasteiger partial charge in [-0.25, -0.2) is 9.59 Å². The Kier molecular flexibility index (Phi) is 5.95. The Labute approximate surface area is 154 Å². The van der Waals surface area contributed by atoms with Gasteiger partial charge in [0.1, 0.15) is 11.4 Å². The van der Waals surface area contributed by atoms with Gasteiger partial charge in [-0.05, 0) is 57.4 Å². The van der Waals surface area contributed by atoms with E-state index in [0.29, 0.717) is 12.0 Å². The fourth-order valence-corrected chi connectivity index (χ4v) is 2.91. The third-order valence-electron chi connectivity index (χ3n) is 4.22. The summed E-state index contributed by atoms with van der Waals surface area (Å²) in [4.78, 5) is 26.4. The molecule has 1 aromatic rings. The Bertz CT molecular complexity index is 700. The van der Waals surface area contributed by atoms with Crippen LogP contribution in [0.25, 0.3) is 5.57 Å². The number of hydrogen-bond donors (Lipinski definition) is 0. The highest BCUT2D eigenvalue weighted by Crippen LogP contribution is 2.33. The minimum Gasteiger partial charge on any atom is -0.497 e. The van der Waals surface area contributed by atoms with Gasteiger partial charge in [-0.15, -0.1) is 0 Å². The van der Waals surface area contributed by atoms with Crippen LogP contribution in [0.4, 0.5) is 4.79 Å². The van der Waals surface area contributed by atoms with Crippen LogP contribution in [0.1, 0.15) is 39.7 Å². The number of methoxy groups -OCH3 is 2. The molecule has 1 aliphatic rings. The molecule has 0 bridgehead atoms. The Morgan fingerprint density at radius 3 is 2.23 bits per heavy atom. The van der Waals surface area contributed by atoms with Crippen LogP contribution in [0.15, 0.2) is 29.8 Å². The zero-order valence-corrected chi connectivity index (χ0v) is 16.3. The summed E-state index contributed by atoms with van der Waals surface area (Å²) in [6.07, 6.45) is 0.107. The molecule has 142 valence electrons. The van der Waals surface area contributed by atoms with E-state index in [2.05, 4.69) is 0 Å². The van der Waals surface area contributed by atoms with Gasteiger partial charge in [0.15, 0.2) is 0 Å². The molecule has 2 rings (SSSR count). The second-order valence-corrected chi connectivity index (χ2v) is 7.34. The van der Waals surface area contributed by atoms with Gasteiger partial charge in [-0.3, -0.25) is 0 Å². The minimum atomic E-state index is -0.595. The molecule has 0 saturated carbocycles. The smallest absolute Gasteiger partial charge is 0.410 e. The number of ether oxygens (including phenoxy) is 3. The molecule has 1 amide bonds. The summed E-state index contributed by atoms with van der Waals surface area (Å²) >= 11 is 0. The Balaban J connectivity index is 2.38. The molecular formula is C20H27NO5. The first-order chi connectivity index (χ1) is 12.2. The molecule has 1 aliphatic heterocycles. The number of hydrogen-bond acceptors (Lipinski definition) is 5. The topological polar surface area (TPSA) is 65.1 Å². The first kappa shape index (κ1) is 19.8. The van der Waals surface area contributed by atoms with E-state index in [1.165, 1.54) is 7.11 Å². The molecule has 1 aromatic carbocycles. The molecule has 6 heteroatoms. The highest BCUT2D eigenvalue weighted by atomic mass is 16.6. The average molecular weight is 361 g/mol. The highest BCUT2D eigenvalue weighted by molar-refractivity contribution is 5.99. The molecule has 6 nitrogen and oxygen atoms in total. The second-order valence-electron chi connectivity index (χ2n) is 7.34. The highest BCUT2D eigenvalue weighted by Gasteiger charge is 2.34. The lowest BCUT2D eigenvalue weighted by atomic mass is 9.89. The van der Waals surface area contributed by atoms with Crippen molar-refractivity contribution < 1.29 is 23.8 Å². The molecule has 26 heavy (non-hydrogen) atoms. The van der Waals surface area contributed by atoms with Gasteiger partial charge in [-0.1, -0.05) is 12.1 Å².